The first kappa shape index (κ1) is 24.9. The second-order valence-corrected chi connectivity index (χ2v) is 9.24. The van der Waals surface area contributed by atoms with Gasteiger partial charge in [-0.25, -0.2) is 8.42 Å². The van der Waals surface area contributed by atoms with Gasteiger partial charge in [0.25, 0.3) is 10.0 Å². The van der Waals surface area contributed by atoms with Crippen molar-refractivity contribution < 1.29 is 8.42 Å². The van der Waals surface area contributed by atoms with Gasteiger partial charge >= 0.3 is 0 Å². The number of aliphatic imine (C=N–C) groups is 1. The van der Waals surface area contributed by atoms with Gasteiger partial charge in [-0.15, -0.1) is 35.3 Å². The highest BCUT2D eigenvalue weighted by atomic mass is 127. The van der Waals surface area contributed by atoms with Gasteiger partial charge in [-0.05, 0) is 30.7 Å². The first-order valence-electron chi connectivity index (χ1n) is 9.15. The number of nitrogens with one attached hydrogen (secondary N) is 2. The number of hydrogen-bond acceptors (Lipinski definition) is 4. The standard InChI is InChI=1S/C18H29N5O2S2.HI/c1-4-23(5-2)27(24,25)17-9-8-16(26-17)10-11-20-18(19-3)21-12-15-22-13-6-7-14-22;/h6-9,13-14H,4-5,10-12,15H2,1-3H3,(H2,19,20,21);1H. The molecule has 0 fully saturated rings. The molecule has 0 unspecified atom stereocenters. The molecular weight excluding hydrogens is 509 g/mol. The van der Waals surface area contributed by atoms with Crippen molar-refractivity contribution in [1.29, 1.82) is 0 Å². The zero-order valence-corrected chi connectivity index (χ0v) is 20.6. The Morgan fingerprint density at radius 3 is 2.39 bits per heavy atom. The summed E-state index contributed by atoms with van der Waals surface area (Å²) in [6.07, 6.45) is 4.80. The third-order valence-corrected chi connectivity index (χ3v) is 7.81. The second-order valence-electron chi connectivity index (χ2n) is 5.91. The van der Waals surface area contributed by atoms with Crippen LogP contribution in [0.2, 0.25) is 0 Å². The average molecular weight is 540 g/mol. The van der Waals surface area contributed by atoms with Crippen molar-refractivity contribution in [1.82, 2.24) is 19.5 Å². The van der Waals surface area contributed by atoms with Crippen LogP contribution in [0.4, 0.5) is 0 Å². The molecule has 0 aliphatic rings. The van der Waals surface area contributed by atoms with E-state index in [2.05, 4.69) is 20.2 Å². The molecule has 0 saturated carbocycles. The van der Waals surface area contributed by atoms with Crippen molar-refractivity contribution in [2.45, 2.75) is 31.0 Å². The summed E-state index contributed by atoms with van der Waals surface area (Å²) in [5.74, 6) is 0.745. The largest absolute Gasteiger partial charge is 0.356 e. The second kappa shape index (κ2) is 12.5. The van der Waals surface area contributed by atoms with E-state index in [9.17, 15) is 8.42 Å². The zero-order valence-electron chi connectivity index (χ0n) is 16.6. The van der Waals surface area contributed by atoms with E-state index in [0.717, 1.165) is 30.3 Å². The van der Waals surface area contributed by atoms with Crippen LogP contribution in [0.25, 0.3) is 0 Å². The molecule has 158 valence electrons. The highest BCUT2D eigenvalue weighted by molar-refractivity contribution is 14.0. The highest BCUT2D eigenvalue weighted by Gasteiger charge is 2.23. The summed E-state index contributed by atoms with van der Waals surface area (Å²) in [7, 11) is -1.63. The molecule has 0 spiro atoms. The van der Waals surface area contributed by atoms with Crippen molar-refractivity contribution in [3.05, 3.63) is 41.5 Å². The lowest BCUT2D eigenvalue weighted by Crippen LogP contribution is -2.39. The lowest BCUT2D eigenvalue weighted by atomic mass is 10.3. The van der Waals surface area contributed by atoms with E-state index < -0.39 is 10.0 Å². The summed E-state index contributed by atoms with van der Waals surface area (Å²) >= 11 is 1.34. The number of guanidine groups is 1. The van der Waals surface area contributed by atoms with Crippen LogP contribution >= 0.6 is 35.3 Å². The molecule has 0 radical (unpaired) electrons. The van der Waals surface area contributed by atoms with Crippen LogP contribution in [0.1, 0.15) is 18.7 Å². The van der Waals surface area contributed by atoms with E-state index in [-0.39, 0.29) is 24.0 Å². The maximum atomic E-state index is 12.5. The summed E-state index contributed by atoms with van der Waals surface area (Å²) in [6.45, 7) is 7.01. The molecule has 28 heavy (non-hydrogen) atoms. The smallest absolute Gasteiger partial charge is 0.252 e. The minimum atomic E-state index is -3.37. The van der Waals surface area contributed by atoms with Gasteiger partial charge in [0.15, 0.2) is 5.96 Å². The zero-order chi connectivity index (χ0) is 19.7. The van der Waals surface area contributed by atoms with Crippen LogP contribution in [0, 0.1) is 0 Å². The van der Waals surface area contributed by atoms with Crippen molar-refractivity contribution in [3.8, 4) is 0 Å². The van der Waals surface area contributed by atoms with Crippen molar-refractivity contribution >= 4 is 51.3 Å². The molecule has 2 rings (SSSR count). The van der Waals surface area contributed by atoms with Crippen LogP contribution in [0.15, 0.2) is 45.9 Å². The first-order valence-corrected chi connectivity index (χ1v) is 11.4. The molecule has 2 aromatic heterocycles. The summed E-state index contributed by atoms with van der Waals surface area (Å²) in [4.78, 5) is 5.25. The summed E-state index contributed by atoms with van der Waals surface area (Å²) in [5, 5.41) is 6.54. The number of rotatable bonds is 10. The monoisotopic (exact) mass is 539 g/mol. The average Bonchev–Trinajstić information content (AvgIpc) is 3.33. The molecule has 0 aliphatic heterocycles. The molecular formula is C18H30IN5O2S2. The normalized spacial score (nSPS) is 12.1. The number of nitrogens with zero attached hydrogens (tertiary/aromatic N) is 3. The van der Waals surface area contributed by atoms with Crippen LogP contribution in [-0.4, -0.2) is 56.5 Å². The van der Waals surface area contributed by atoms with Gasteiger partial charge in [-0.1, -0.05) is 13.8 Å². The molecule has 0 atom stereocenters. The topological polar surface area (TPSA) is 78.7 Å². The number of hydrogen-bond donors (Lipinski definition) is 2. The van der Waals surface area contributed by atoms with E-state index >= 15 is 0 Å². The maximum Gasteiger partial charge on any atom is 0.252 e. The fraction of sp³-hybridized carbons (Fsp3) is 0.500. The third-order valence-electron chi connectivity index (χ3n) is 4.15. The Morgan fingerprint density at radius 1 is 1.14 bits per heavy atom. The quantitative estimate of drug-likeness (QED) is 0.277. The van der Waals surface area contributed by atoms with Gasteiger partial charge < -0.3 is 15.2 Å². The number of sulfonamides is 1. The van der Waals surface area contributed by atoms with E-state index in [1.165, 1.54) is 15.6 Å². The van der Waals surface area contributed by atoms with Crippen LogP contribution in [0.3, 0.4) is 0 Å². The predicted molar refractivity (Wildman–Crippen MR) is 127 cm³/mol. The number of halogens is 1. The Labute approximate surface area is 189 Å². The van der Waals surface area contributed by atoms with Crippen molar-refractivity contribution in [2.75, 3.05) is 33.2 Å². The van der Waals surface area contributed by atoms with Gasteiger partial charge in [0.2, 0.25) is 0 Å². The minimum absolute atomic E-state index is 0. The molecule has 0 aliphatic carbocycles. The van der Waals surface area contributed by atoms with E-state index in [0.29, 0.717) is 23.8 Å². The van der Waals surface area contributed by atoms with E-state index in [4.69, 9.17) is 0 Å². The number of thiophene rings is 1. The molecule has 2 N–H and O–H groups in total. The SMILES string of the molecule is CCN(CC)S(=O)(=O)c1ccc(CCNC(=NC)NCCn2cccc2)s1.I. The van der Waals surface area contributed by atoms with E-state index in [1.54, 1.807) is 13.1 Å². The Morgan fingerprint density at radius 2 is 1.79 bits per heavy atom. The molecule has 2 heterocycles. The van der Waals surface area contributed by atoms with Gasteiger partial charge in [0.05, 0.1) is 0 Å². The molecule has 10 heteroatoms. The fourth-order valence-corrected chi connectivity index (χ4v) is 5.64. The van der Waals surface area contributed by atoms with Gasteiger partial charge in [0, 0.05) is 57.0 Å². The van der Waals surface area contributed by atoms with Gasteiger partial charge in [0.1, 0.15) is 4.21 Å². The van der Waals surface area contributed by atoms with Crippen molar-refractivity contribution in [2.24, 2.45) is 4.99 Å². The Hall–Kier alpha value is -1.11. The van der Waals surface area contributed by atoms with Crippen molar-refractivity contribution in [3.63, 3.8) is 0 Å². The molecule has 0 amide bonds. The Bertz CT molecular complexity index is 815. The van der Waals surface area contributed by atoms with E-state index in [1.807, 2.05) is 44.4 Å². The number of aromatic nitrogens is 1. The lowest BCUT2D eigenvalue weighted by molar-refractivity contribution is 0.447. The first-order chi connectivity index (χ1) is 13.0. The summed E-state index contributed by atoms with van der Waals surface area (Å²) in [5.41, 5.74) is 0. The third kappa shape index (κ3) is 7.05. The highest BCUT2D eigenvalue weighted by Crippen LogP contribution is 2.25. The summed E-state index contributed by atoms with van der Waals surface area (Å²) < 4.78 is 29.1. The Balaban J connectivity index is 0.00000392. The van der Waals surface area contributed by atoms with Crippen LogP contribution in [0.5, 0.6) is 0 Å². The maximum absolute atomic E-state index is 12.5. The molecule has 0 saturated heterocycles. The minimum Gasteiger partial charge on any atom is -0.356 e. The fourth-order valence-electron chi connectivity index (χ4n) is 2.67. The molecule has 2 aromatic rings. The molecule has 0 aromatic carbocycles. The predicted octanol–water partition coefficient (Wildman–Crippen LogP) is 2.61. The van der Waals surface area contributed by atoms with Gasteiger partial charge in [-0.3, -0.25) is 4.99 Å². The lowest BCUT2D eigenvalue weighted by Gasteiger charge is -2.16. The molecule has 7 nitrogen and oxygen atoms in total. The summed E-state index contributed by atoms with van der Waals surface area (Å²) in [6, 6.07) is 7.61. The van der Waals surface area contributed by atoms with Crippen LogP contribution < -0.4 is 10.6 Å². The molecule has 0 bridgehead atoms. The Kier molecular flexibility index (Phi) is 11.1. The van der Waals surface area contributed by atoms with Crippen LogP contribution in [-0.2, 0) is 23.0 Å². The van der Waals surface area contributed by atoms with Gasteiger partial charge in [-0.2, -0.15) is 4.31 Å².